The van der Waals surface area contributed by atoms with Gasteiger partial charge in [0.05, 0.1) is 16.7 Å². The van der Waals surface area contributed by atoms with E-state index in [0.29, 0.717) is 15.9 Å². The highest BCUT2D eigenvalue weighted by Crippen LogP contribution is 2.28. The molecule has 0 saturated heterocycles. The first kappa shape index (κ1) is 21.9. The average molecular weight is 488 g/mol. The fraction of sp³-hybridized carbons (Fsp3) is 0.0333. The van der Waals surface area contributed by atoms with Gasteiger partial charge >= 0.3 is 0 Å². The van der Waals surface area contributed by atoms with E-state index in [2.05, 4.69) is 34.6 Å². The van der Waals surface area contributed by atoms with Crippen molar-refractivity contribution < 1.29 is 4.79 Å². The fourth-order valence-electron chi connectivity index (χ4n) is 4.48. The Morgan fingerprint density at radius 3 is 1.94 bits per heavy atom. The van der Waals surface area contributed by atoms with Crippen molar-refractivity contribution in [1.29, 1.82) is 0 Å². The lowest BCUT2D eigenvalue weighted by Gasteiger charge is -2.14. The van der Waals surface area contributed by atoms with E-state index >= 15 is 0 Å². The largest absolute Gasteiger partial charge is 0.331 e. The molecule has 0 aliphatic rings. The number of amides is 1. The number of rotatable bonds is 5. The molecule has 6 aromatic rings. The predicted molar refractivity (Wildman–Crippen MR) is 147 cm³/mol. The number of benzene rings is 4. The Hall–Kier alpha value is -4.55. The molecule has 0 aliphatic carbocycles. The van der Waals surface area contributed by atoms with Gasteiger partial charge in [-0.25, -0.2) is 4.98 Å². The molecular formula is C30H21N3O2S. The Kier molecular flexibility index (Phi) is 5.64. The van der Waals surface area contributed by atoms with Gasteiger partial charge in [-0.15, -0.1) is 11.3 Å². The summed E-state index contributed by atoms with van der Waals surface area (Å²) in [5, 5.41) is 6.61. The number of aromatic nitrogens is 2. The molecule has 0 saturated carbocycles. The van der Waals surface area contributed by atoms with Crippen molar-refractivity contribution in [2.75, 3.05) is 5.32 Å². The average Bonchev–Trinajstić information content (AvgIpc) is 3.40. The second kappa shape index (κ2) is 9.24. The molecule has 1 amide bonds. The maximum Gasteiger partial charge on any atom is 0.246 e. The van der Waals surface area contributed by atoms with Crippen LogP contribution in [0.1, 0.15) is 0 Å². The second-order valence-corrected chi connectivity index (χ2v) is 9.34. The number of carbonyl (C=O) groups is 1. The number of thiazole rings is 1. The first-order chi connectivity index (χ1) is 17.7. The van der Waals surface area contributed by atoms with E-state index in [1.807, 2.05) is 76.7 Å². The minimum Gasteiger partial charge on any atom is -0.331 e. The zero-order valence-corrected chi connectivity index (χ0v) is 20.0. The lowest BCUT2D eigenvalue weighted by atomic mass is 10.0. The van der Waals surface area contributed by atoms with Gasteiger partial charge in [0.1, 0.15) is 6.54 Å². The zero-order valence-electron chi connectivity index (χ0n) is 19.2. The summed E-state index contributed by atoms with van der Waals surface area (Å²) in [7, 11) is 0. The fourth-order valence-corrected chi connectivity index (χ4v) is 5.21. The Bertz CT molecular complexity index is 1710. The van der Waals surface area contributed by atoms with Gasteiger partial charge in [-0.3, -0.25) is 9.59 Å². The van der Waals surface area contributed by atoms with Gasteiger partial charge in [-0.1, -0.05) is 78.9 Å². The molecule has 4 aromatic carbocycles. The molecular weight excluding hydrogens is 466 g/mol. The maximum atomic E-state index is 13.1. The van der Waals surface area contributed by atoms with Crippen LogP contribution in [0.4, 0.5) is 5.13 Å². The smallest absolute Gasteiger partial charge is 0.246 e. The second-order valence-electron chi connectivity index (χ2n) is 8.48. The molecule has 36 heavy (non-hydrogen) atoms. The number of nitrogens with one attached hydrogen (secondary N) is 1. The third-order valence-corrected chi connectivity index (χ3v) is 6.98. The summed E-state index contributed by atoms with van der Waals surface area (Å²) in [6.07, 6.45) is 0. The van der Waals surface area contributed by atoms with E-state index in [1.165, 1.54) is 11.3 Å². The molecule has 0 fully saturated rings. The standard InChI is InChI=1S/C30H21N3O2S/c34-28(18-33-26-12-6-4-10-23(26)29(35)24-11-5-7-13-27(24)33)32-30-31-25(19-36-30)22-16-14-21(15-17-22)20-8-2-1-3-9-20/h1-17,19H,18H2,(H,31,32,34). The molecule has 0 radical (unpaired) electrons. The van der Waals surface area contributed by atoms with E-state index in [9.17, 15) is 9.59 Å². The van der Waals surface area contributed by atoms with Crippen LogP contribution in [0.5, 0.6) is 0 Å². The van der Waals surface area contributed by atoms with Crippen molar-refractivity contribution in [2.24, 2.45) is 0 Å². The summed E-state index contributed by atoms with van der Waals surface area (Å²) in [6.45, 7) is 0.0714. The predicted octanol–water partition coefficient (Wildman–Crippen LogP) is 6.58. The first-order valence-electron chi connectivity index (χ1n) is 11.6. The SMILES string of the molecule is O=C(Cn1c2ccccc2c(=O)c2ccccc21)Nc1nc(-c2ccc(-c3ccccc3)cc2)cs1. The summed E-state index contributed by atoms with van der Waals surface area (Å²) in [6, 6.07) is 33.2. The number of hydrogen-bond acceptors (Lipinski definition) is 4. The molecule has 0 bridgehead atoms. The van der Waals surface area contributed by atoms with Crippen molar-refractivity contribution in [3.05, 3.63) is 119 Å². The maximum absolute atomic E-state index is 13.1. The lowest BCUT2D eigenvalue weighted by molar-refractivity contribution is -0.116. The van der Waals surface area contributed by atoms with Crippen LogP contribution in [0.25, 0.3) is 44.2 Å². The topological polar surface area (TPSA) is 64.0 Å². The quantitative estimate of drug-likeness (QED) is 0.279. The van der Waals surface area contributed by atoms with Gasteiger partial charge in [0.2, 0.25) is 5.91 Å². The molecule has 2 aromatic heterocycles. The molecule has 2 heterocycles. The minimum atomic E-state index is -0.200. The summed E-state index contributed by atoms with van der Waals surface area (Å²) in [5.41, 5.74) is 5.55. The Morgan fingerprint density at radius 1 is 0.722 bits per heavy atom. The highest BCUT2D eigenvalue weighted by atomic mass is 32.1. The Balaban J connectivity index is 1.25. The normalized spacial score (nSPS) is 11.1. The number of anilines is 1. The number of para-hydroxylation sites is 2. The van der Waals surface area contributed by atoms with Crippen LogP contribution in [0.3, 0.4) is 0 Å². The number of pyridine rings is 1. The molecule has 0 aliphatic heterocycles. The van der Waals surface area contributed by atoms with Crippen LogP contribution in [0, 0.1) is 0 Å². The van der Waals surface area contributed by atoms with Crippen LogP contribution in [0.2, 0.25) is 0 Å². The highest BCUT2D eigenvalue weighted by Gasteiger charge is 2.14. The van der Waals surface area contributed by atoms with Crippen molar-refractivity contribution >= 4 is 44.2 Å². The van der Waals surface area contributed by atoms with Gasteiger partial charge in [0, 0.05) is 21.7 Å². The van der Waals surface area contributed by atoms with E-state index in [0.717, 1.165) is 33.4 Å². The van der Waals surface area contributed by atoms with Gasteiger partial charge in [0.15, 0.2) is 10.6 Å². The van der Waals surface area contributed by atoms with Crippen LogP contribution < -0.4 is 10.7 Å². The third-order valence-electron chi connectivity index (χ3n) is 6.22. The van der Waals surface area contributed by atoms with Crippen molar-refractivity contribution in [1.82, 2.24) is 9.55 Å². The van der Waals surface area contributed by atoms with Crippen LogP contribution in [-0.2, 0) is 11.3 Å². The molecule has 1 N–H and O–H groups in total. The Labute approximate surface area is 211 Å². The van der Waals surface area contributed by atoms with Crippen molar-refractivity contribution in [3.8, 4) is 22.4 Å². The van der Waals surface area contributed by atoms with E-state index < -0.39 is 0 Å². The lowest BCUT2D eigenvalue weighted by Crippen LogP contribution is -2.21. The van der Waals surface area contributed by atoms with Crippen molar-refractivity contribution in [3.63, 3.8) is 0 Å². The Morgan fingerprint density at radius 2 is 1.28 bits per heavy atom. The molecule has 6 rings (SSSR count). The van der Waals surface area contributed by atoms with Gasteiger partial charge in [-0.05, 0) is 35.4 Å². The first-order valence-corrected chi connectivity index (χ1v) is 12.5. The van der Waals surface area contributed by atoms with Crippen molar-refractivity contribution in [2.45, 2.75) is 6.54 Å². The number of nitrogens with zero attached hydrogens (tertiary/aromatic N) is 2. The third kappa shape index (κ3) is 4.08. The van der Waals surface area contributed by atoms with E-state index in [4.69, 9.17) is 0 Å². The summed E-state index contributed by atoms with van der Waals surface area (Å²) in [5.74, 6) is -0.200. The molecule has 6 heteroatoms. The molecule has 0 atom stereocenters. The summed E-state index contributed by atoms with van der Waals surface area (Å²) < 4.78 is 1.89. The summed E-state index contributed by atoms with van der Waals surface area (Å²) >= 11 is 1.39. The number of hydrogen-bond donors (Lipinski definition) is 1. The molecule has 0 spiro atoms. The minimum absolute atomic E-state index is 0.0271. The summed E-state index contributed by atoms with van der Waals surface area (Å²) in [4.78, 5) is 30.6. The van der Waals surface area contributed by atoms with E-state index in [1.54, 1.807) is 12.1 Å². The highest BCUT2D eigenvalue weighted by molar-refractivity contribution is 7.14. The van der Waals surface area contributed by atoms with Crippen LogP contribution in [0.15, 0.2) is 113 Å². The molecule has 0 unspecified atom stereocenters. The monoisotopic (exact) mass is 487 g/mol. The van der Waals surface area contributed by atoms with Gasteiger partial charge in [-0.2, -0.15) is 0 Å². The number of fused-ring (bicyclic) bond motifs is 2. The van der Waals surface area contributed by atoms with Crippen LogP contribution >= 0.6 is 11.3 Å². The molecule has 5 nitrogen and oxygen atoms in total. The van der Waals surface area contributed by atoms with Gasteiger partial charge < -0.3 is 9.88 Å². The molecule has 174 valence electrons. The number of carbonyl (C=O) groups excluding carboxylic acids is 1. The van der Waals surface area contributed by atoms with Gasteiger partial charge in [0.25, 0.3) is 0 Å². The zero-order chi connectivity index (χ0) is 24.5. The van der Waals surface area contributed by atoms with E-state index in [-0.39, 0.29) is 17.9 Å². The van der Waals surface area contributed by atoms with Crippen LogP contribution in [-0.4, -0.2) is 15.5 Å².